The Hall–Kier alpha value is -1.77. The van der Waals surface area contributed by atoms with Crippen LogP contribution in [0.5, 0.6) is 0 Å². The largest absolute Gasteiger partial charge is 0.445 e. The molecule has 0 radical (unpaired) electrons. The maximum atomic E-state index is 12.7. The summed E-state index contributed by atoms with van der Waals surface area (Å²) in [6.45, 7) is 0.370. The number of carbonyl (C=O) groups excluding carboxylic acids is 1. The standard InChI is InChI=1S/C22H29NO2/c24-22(25-16-17-8-3-1-4-9-17)23-20-12-7-13-21(23)15-19(14-20)18-10-5-2-6-11-18/h1,3-4,8-9,14,18,20-21H,2,5-7,10-13,15-16H2. The smallest absolute Gasteiger partial charge is 0.410 e. The molecule has 1 aromatic carbocycles. The zero-order valence-corrected chi connectivity index (χ0v) is 15.0. The number of ether oxygens (including phenoxy) is 1. The van der Waals surface area contributed by atoms with Gasteiger partial charge in [0.05, 0.1) is 6.04 Å². The second-order valence-corrected chi connectivity index (χ2v) is 7.88. The lowest BCUT2D eigenvalue weighted by atomic mass is 9.76. The third-order valence-electron chi connectivity index (χ3n) is 6.21. The van der Waals surface area contributed by atoms with E-state index in [1.165, 1.54) is 38.5 Å². The molecule has 1 saturated carbocycles. The molecule has 1 aliphatic carbocycles. The van der Waals surface area contributed by atoms with Gasteiger partial charge in [-0.3, -0.25) is 4.90 Å². The lowest BCUT2D eigenvalue weighted by Gasteiger charge is -2.45. The minimum absolute atomic E-state index is 0.127. The average molecular weight is 339 g/mol. The fourth-order valence-electron chi connectivity index (χ4n) is 4.92. The van der Waals surface area contributed by atoms with Gasteiger partial charge in [0.25, 0.3) is 0 Å². The number of fused-ring (bicyclic) bond motifs is 2. The van der Waals surface area contributed by atoms with E-state index in [4.69, 9.17) is 4.74 Å². The lowest BCUT2D eigenvalue weighted by Crippen LogP contribution is -2.52. The summed E-state index contributed by atoms with van der Waals surface area (Å²) in [6, 6.07) is 10.6. The summed E-state index contributed by atoms with van der Waals surface area (Å²) in [6.07, 6.45) is 13.7. The Morgan fingerprint density at radius 3 is 2.56 bits per heavy atom. The summed E-state index contributed by atoms with van der Waals surface area (Å²) < 4.78 is 5.64. The van der Waals surface area contributed by atoms with Gasteiger partial charge in [-0.25, -0.2) is 4.79 Å². The molecule has 1 amide bonds. The maximum absolute atomic E-state index is 12.7. The van der Waals surface area contributed by atoms with Crippen molar-refractivity contribution >= 4 is 6.09 Å². The Balaban J connectivity index is 1.43. The second-order valence-electron chi connectivity index (χ2n) is 7.88. The first kappa shape index (κ1) is 16.7. The SMILES string of the molecule is O=C(OCc1ccccc1)N1C2C=C(C3CCCCC3)CC1CCC2. The van der Waals surface area contributed by atoms with E-state index < -0.39 is 0 Å². The number of nitrogens with zero attached hydrogens (tertiary/aromatic N) is 1. The summed E-state index contributed by atoms with van der Waals surface area (Å²) in [5, 5.41) is 0. The van der Waals surface area contributed by atoms with E-state index in [1.807, 2.05) is 35.2 Å². The van der Waals surface area contributed by atoms with Crippen LogP contribution in [0.25, 0.3) is 0 Å². The highest BCUT2D eigenvalue weighted by atomic mass is 16.6. The predicted molar refractivity (Wildman–Crippen MR) is 99.2 cm³/mol. The van der Waals surface area contributed by atoms with Crippen LogP contribution in [0.15, 0.2) is 42.0 Å². The van der Waals surface area contributed by atoms with Crippen LogP contribution in [-0.4, -0.2) is 23.1 Å². The molecule has 25 heavy (non-hydrogen) atoms. The van der Waals surface area contributed by atoms with Crippen LogP contribution in [0.4, 0.5) is 4.79 Å². The fourth-order valence-corrected chi connectivity index (χ4v) is 4.92. The first-order valence-corrected chi connectivity index (χ1v) is 10.0. The topological polar surface area (TPSA) is 29.5 Å². The van der Waals surface area contributed by atoms with E-state index in [9.17, 15) is 4.79 Å². The van der Waals surface area contributed by atoms with Crippen molar-refractivity contribution < 1.29 is 9.53 Å². The second kappa shape index (κ2) is 7.63. The zero-order chi connectivity index (χ0) is 17.1. The Bertz CT molecular complexity index is 618. The molecule has 2 atom stereocenters. The molecule has 1 saturated heterocycles. The van der Waals surface area contributed by atoms with E-state index in [0.717, 1.165) is 30.7 Å². The number of amides is 1. The Morgan fingerprint density at radius 1 is 1.00 bits per heavy atom. The molecule has 2 bridgehead atoms. The zero-order valence-electron chi connectivity index (χ0n) is 15.0. The molecular weight excluding hydrogens is 310 g/mol. The number of benzene rings is 1. The van der Waals surface area contributed by atoms with Crippen molar-refractivity contribution in [1.29, 1.82) is 0 Å². The highest BCUT2D eigenvalue weighted by Gasteiger charge is 2.39. The van der Waals surface area contributed by atoms with Gasteiger partial charge in [-0.2, -0.15) is 0 Å². The minimum Gasteiger partial charge on any atom is -0.445 e. The fraction of sp³-hybridized carbons (Fsp3) is 0.591. The minimum atomic E-state index is -0.127. The van der Waals surface area contributed by atoms with Crippen LogP contribution in [0.1, 0.15) is 63.4 Å². The molecule has 4 rings (SSSR count). The van der Waals surface area contributed by atoms with E-state index >= 15 is 0 Å². The Labute approximate surface area is 151 Å². The van der Waals surface area contributed by atoms with Crippen LogP contribution in [0, 0.1) is 5.92 Å². The van der Waals surface area contributed by atoms with Gasteiger partial charge >= 0.3 is 6.09 Å². The first-order chi connectivity index (χ1) is 12.3. The molecule has 0 aromatic heterocycles. The number of carbonyl (C=O) groups is 1. The third kappa shape index (κ3) is 3.75. The van der Waals surface area contributed by atoms with Crippen molar-refractivity contribution in [2.45, 2.75) is 76.5 Å². The van der Waals surface area contributed by atoms with E-state index in [0.29, 0.717) is 12.6 Å². The molecule has 2 unspecified atom stereocenters. The van der Waals surface area contributed by atoms with Crippen LogP contribution in [0.3, 0.4) is 0 Å². The number of rotatable bonds is 3. The highest BCUT2D eigenvalue weighted by molar-refractivity contribution is 5.69. The first-order valence-electron chi connectivity index (χ1n) is 10.0. The lowest BCUT2D eigenvalue weighted by molar-refractivity contribution is 0.0466. The number of hydrogen-bond donors (Lipinski definition) is 0. The molecule has 3 aliphatic rings. The van der Waals surface area contributed by atoms with Gasteiger partial charge in [0.15, 0.2) is 0 Å². The Kier molecular flexibility index (Phi) is 5.09. The third-order valence-corrected chi connectivity index (χ3v) is 6.21. The number of piperidine rings is 1. The predicted octanol–water partition coefficient (Wildman–Crippen LogP) is 5.46. The van der Waals surface area contributed by atoms with Gasteiger partial charge in [-0.05, 0) is 50.0 Å². The molecule has 134 valence electrons. The summed E-state index contributed by atoms with van der Waals surface area (Å²) in [7, 11) is 0. The summed E-state index contributed by atoms with van der Waals surface area (Å²) in [5.41, 5.74) is 2.69. The molecule has 3 heteroatoms. The molecule has 1 aromatic rings. The van der Waals surface area contributed by atoms with Crippen LogP contribution < -0.4 is 0 Å². The van der Waals surface area contributed by atoms with Crippen molar-refractivity contribution in [2.24, 2.45) is 5.92 Å². The van der Waals surface area contributed by atoms with Crippen LogP contribution >= 0.6 is 0 Å². The quantitative estimate of drug-likeness (QED) is 0.685. The van der Waals surface area contributed by atoms with E-state index in [2.05, 4.69) is 6.08 Å². The van der Waals surface area contributed by atoms with E-state index in [-0.39, 0.29) is 12.1 Å². The van der Waals surface area contributed by atoms with Gasteiger partial charge in [-0.15, -0.1) is 0 Å². The molecule has 0 N–H and O–H groups in total. The monoisotopic (exact) mass is 339 g/mol. The highest BCUT2D eigenvalue weighted by Crippen LogP contribution is 2.40. The van der Waals surface area contributed by atoms with Gasteiger partial charge in [0, 0.05) is 6.04 Å². The van der Waals surface area contributed by atoms with Crippen molar-refractivity contribution in [2.75, 3.05) is 0 Å². The summed E-state index contributed by atoms with van der Waals surface area (Å²) in [4.78, 5) is 14.8. The molecule has 3 nitrogen and oxygen atoms in total. The van der Waals surface area contributed by atoms with Crippen LogP contribution in [-0.2, 0) is 11.3 Å². The van der Waals surface area contributed by atoms with Gasteiger partial charge in [0.2, 0.25) is 0 Å². The number of hydrogen-bond acceptors (Lipinski definition) is 2. The van der Waals surface area contributed by atoms with Gasteiger partial charge < -0.3 is 4.74 Å². The van der Waals surface area contributed by atoms with Gasteiger partial charge in [-0.1, -0.05) is 61.2 Å². The van der Waals surface area contributed by atoms with Crippen molar-refractivity contribution in [3.05, 3.63) is 47.5 Å². The average Bonchev–Trinajstić information content (AvgIpc) is 2.66. The van der Waals surface area contributed by atoms with Crippen molar-refractivity contribution in [3.8, 4) is 0 Å². The summed E-state index contributed by atoms with van der Waals surface area (Å²) in [5.74, 6) is 0.777. The maximum Gasteiger partial charge on any atom is 0.410 e. The normalized spacial score (nSPS) is 26.9. The molecule has 2 aliphatic heterocycles. The van der Waals surface area contributed by atoms with Crippen molar-refractivity contribution in [1.82, 2.24) is 4.90 Å². The van der Waals surface area contributed by atoms with Crippen LogP contribution in [0.2, 0.25) is 0 Å². The van der Waals surface area contributed by atoms with Crippen molar-refractivity contribution in [3.63, 3.8) is 0 Å². The Morgan fingerprint density at radius 2 is 1.80 bits per heavy atom. The molecular formula is C22H29NO2. The molecule has 0 spiro atoms. The molecule has 2 heterocycles. The summed E-state index contributed by atoms with van der Waals surface area (Å²) >= 11 is 0. The van der Waals surface area contributed by atoms with Gasteiger partial charge in [0.1, 0.15) is 6.61 Å². The molecule has 2 fully saturated rings. The van der Waals surface area contributed by atoms with E-state index in [1.54, 1.807) is 5.57 Å².